The number of rotatable bonds is 4. The third-order valence-corrected chi connectivity index (χ3v) is 4.96. The molecule has 1 aromatic carbocycles. The van der Waals surface area contributed by atoms with Gasteiger partial charge in [-0.1, -0.05) is 0 Å². The fourth-order valence-electron chi connectivity index (χ4n) is 2.05. The topological polar surface area (TPSA) is 120 Å². The van der Waals surface area contributed by atoms with Gasteiger partial charge in [-0.25, -0.2) is 13.2 Å². The summed E-state index contributed by atoms with van der Waals surface area (Å²) in [5.74, 6) is -1.03. The first kappa shape index (κ1) is 16.7. The lowest BCUT2D eigenvalue weighted by Gasteiger charge is -2.34. The number of benzene rings is 1. The van der Waals surface area contributed by atoms with Crippen molar-refractivity contribution in [1.29, 1.82) is 5.41 Å². The summed E-state index contributed by atoms with van der Waals surface area (Å²) in [6, 6.07) is 5.27. The molecule has 0 aliphatic carbocycles. The largest absolute Gasteiger partial charge is 0.497 e. The molecule has 1 heterocycles. The van der Waals surface area contributed by atoms with Crippen LogP contribution in [0.4, 0.5) is 10.5 Å². The number of urea groups is 1. The molecular weight excluding hydrogens is 324 g/mol. The van der Waals surface area contributed by atoms with Crippen molar-refractivity contribution in [2.45, 2.75) is 5.25 Å². The number of imide groups is 1. The maximum Gasteiger partial charge on any atom is 0.331 e. The van der Waals surface area contributed by atoms with Crippen molar-refractivity contribution >= 4 is 33.5 Å². The van der Waals surface area contributed by atoms with E-state index < -0.39 is 33.0 Å². The van der Waals surface area contributed by atoms with Gasteiger partial charge >= 0.3 is 6.03 Å². The first-order valence-corrected chi connectivity index (χ1v) is 8.03. The molecule has 0 spiro atoms. The van der Waals surface area contributed by atoms with Crippen molar-refractivity contribution in [3.8, 4) is 5.75 Å². The minimum absolute atomic E-state index is 0.216. The van der Waals surface area contributed by atoms with E-state index in [1.807, 2.05) is 0 Å². The van der Waals surface area contributed by atoms with Crippen LogP contribution in [0.3, 0.4) is 0 Å². The molecule has 124 valence electrons. The van der Waals surface area contributed by atoms with Crippen LogP contribution in [0.15, 0.2) is 24.3 Å². The van der Waals surface area contributed by atoms with Crippen LogP contribution in [0.25, 0.3) is 0 Å². The predicted octanol–water partition coefficient (Wildman–Crippen LogP) is 0.307. The Labute approximate surface area is 133 Å². The highest BCUT2D eigenvalue weighted by Gasteiger charge is 2.47. The molecule has 0 radical (unpaired) electrons. The van der Waals surface area contributed by atoms with Gasteiger partial charge in [-0.15, -0.1) is 0 Å². The van der Waals surface area contributed by atoms with Crippen LogP contribution < -0.4 is 9.46 Å². The van der Waals surface area contributed by atoms with E-state index in [1.54, 1.807) is 12.1 Å². The second-order valence-corrected chi connectivity index (χ2v) is 6.65. The number of sulfonamides is 1. The average molecular weight is 340 g/mol. The Morgan fingerprint density at radius 3 is 2.22 bits per heavy atom. The number of carbonyl (C=O) groups excluding carboxylic acids is 2. The lowest BCUT2D eigenvalue weighted by atomic mass is 10.2. The summed E-state index contributed by atoms with van der Waals surface area (Å²) < 4.78 is 32.1. The molecule has 0 aromatic heterocycles. The molecule has 9 nitrogen and oxygen atoms in total. The van der Waals surface area contributed by atoms with E-state index in [4.69, 9.17) is 10.1 Å². The molecule has 1 aliphatic rings. The van der Waals surface area contributed by atoms with E-state index in [-0.39, 0.29) is 5.69 Å². The lowest BCUT2D eigenvalue weighted by Crippen LogP contribution is -2.62. The van der Waals surface area contributed by atoms with E-state index in [1.165, 1.54) is 33.3 Å². The fraction of sp³-hybridized carbons (Fsp3) is 0.308. The summed E-state index contributed by atoms with van der Waals surface area (Å²) >= 11 is 0. The molecule has 0 saturated carbocycles. The van der Waals surface area contributed by atoms with Gasteiger partial charge in [0.05, 0.1) is 7.11 Å². The summed E-state index contributed by atoms with van der Waals surface area (Å²) in [5, 5.41) is 6.01. The van der Waals surface area contributed by atoms with Gasteiger partial charge in [-0.3, -0.25) is 24.7 Å². The monoisotopic (exact) mass is 340 g/mol. The third kappa shape index (κ3) is 2.97. The van der Waals surface area contributed by atoms with Crippen molar-refractivity contribution in [1.82, 2.24) is 9.80 Å². The predicted molar refractivity (Wildman–Crippen MR) is 83.0 cm³/mol. The highest BCUT2D eigenvalue weighted by Crippen LogP contribution is 2.21. The molecule has 2 N–H and O–H groups in total. The van der Waals surface area contributed by atoms with Crippen LogP contribution in [-0.4, -0.2) is 62.4 Å². The molecule has 3 amide bonds. The van der Waals surface area contributed by atoms with E-state index in [2.05, 4.69) is 4.72 Å². The minimum atomic E-state index is -4.24. The second-order valence-electron chi connectivity index (χ2n) is 4.88. The van der Waals surface area contributed by atoms with Crippen LogP contribution in [0.2, 0.25) is 0 Å². The number of ether oxygens (including phenoxy) is 1. The van der Waals surface area contributed by atoms with E-state index >= 15 is 0 Å². The molecule has 1 aromatic rings. The highest BCUT2D eigenvalue weighted by atomic mass is 32.2. The van der Waals surface area contributed by atoms with Gasteiger partial charge in [0.2, 0.25) is 5.25 Å². The van der Waals surface area contributed by atoms with Gasteiger partial charge in [-0.05, 0) is 24.3 Å². The number of carbonyl (C=O) groups is 2. The maximum absolute atomic E-state index is 12.5. The number of hydrogen-bond donors (Lipinski definition) is 2. The number of amides is 3. The summed E-state index contributed by atoms with van der Waals surface area (Å²) in [6.07, 6.45) is 0. The number of methoxy groups -OCH3 is 1. The molecule has 1 aliphatic heterocycles. The third-order valence-electron chi connectivity index (χ3n) is 3.40. The maximum atomic E-state index is 12.5. The Balaban J connectivity index is 2.32. The summed E-state index contributed by atoms with van der Waals surface area (Å²) in [4.78, 5) is 25.3. The molecule has 1 atom stereocenters. The van der Waals surface area contributed by atoms with Crippen LogP contribution in [0.1, 0.15) is 0 Å². The van der Waals surface area contributed by atoms with Crippen molar-refractivity contribution in [3.63, 3.8) is 0 Å². The van der Waals surface area contributed by atoms with Gasteiger partial charge in [0, 0.05) is 19.8 Å². The van der Waals surface area contributed by atoms with E-state index in [0.717, 1.165) is 4.90 Å². The second kappa shape index (κ2) is 5.88. The minimum Gasteiger partial charge on any atom is -0.497 e. The number of anilines is 1. The Hall–Kier alpha value is -2.62. The molecule has 1 fully saturated rings. The molecule has 23 heavy (non-hydrogen) atoms. The lowest BCUT2D eigenvalue weighted by molar-refractivity contribution is -0.126. The SMILES string of the molecule is COc1ccc(NS(=O)(=O)C2C(=N)N(C)C(=O)N(C)C2=O)cc1. The summed E-state index contributed by atoms with van der Waals surface area (Å²) in [5.41, 5.74) is 0.216. The van der Waals surface area contributed by atoms with Gasteiger partial charge in [0.15, 0.2) is 0 Å². The van der Waals surface area contributed by atoms with E-state index in [9.17, 15) is 18.0 Å². The summed E-state index contributed by atoms with van der Waals surface area (Å²) in [7, 11) is -0.358. The first-order chi connectivity index (χ1) is 10.7. The van der Waals surface area contributed by atoms with Crippen molar-refractivity contribution < 1.29 is 22.7 Å². The Bertz CT molecular complexity index is 735. The zero-order chi connectivity index (χ0) is 17.4. The Kier molecular flexibility index (Phi) is 4.28. The summed E-state index contributed by atoms with van der Waals surface area (Å²) in [6.45, 7) is 0. The highest BCUT2D eigenvalue weighted by molar-refractivity contribution is 7.94. The normalized spacial score (nSPS) is 19.1. The van der Waals surface area contributed by atoms with Gasteiger partial charge in [0.25, 0.3) is 15.9 Å². The molecule has 1 saturated heterocycles. The zero-order valence-electron chi connectivity index (χ0n) is 12.7. The molecular formula is C13H16N4O5S. The van der Waals surface area contributed by atoms with Crippen LogP contribution in [-0.2, 0) is 14.8 Å². The Morgan fingerprint density at radius 1 is 1.13 bits per heavy atom. The fourth-order valence-corrected chi connectivity index (χ4v) is 3.51. The molecule has 2 rings (SSSR count). The smallest absolute Gasteiger partial charge is 0.331 e. The van der Waals surface area contributed by atoms with Crippen LogP contribution >= 0.6 is 0 Å². The van der Waals surface area contributed by atoms with Crippen LogP contribution in [0, 0.1) is 5.41 Å². The van der Waals surface area contributed by atoms with E-state index in [0.29, 0.717) is 10.6 Å². The quantitative estimate of drug-likeness (QED) is 0.817. The number of amidine groups is 1. The number of nitrogens with zero attached hydrogens (tertiary/aromatic N) is 2. The van der Waals surface area contributed by atoms with Crippen molar-refractivity contribution in [2.24, 2.45) is 0 Å². The van der Waals surface area contributed by atoms with Crippen LogP contribution in [0.5, 0.6) is 5.75 Å². The van der Waals surface area contributed by atoms with Crippen molar-refractivity contribution in [2.75, 3.05) is 25.9 Å². The average Bonchev–Trinajstić information content (AvgIpc) is 2.51. The van der Waals surface area contributed by atoms with Gasteiger partial charge in [-0.2, -0.15) is 0 Å². The standard InChI is InChI=1S/C13H16N4O5S/c1-16-11(14)10(12(18)17(2)13(16)19)23(20,21)15-8-4-6-9(22-3)7-5-8/h4-7,10,14-15H,1-3H3. The number of nitrogens with one attached hydrogen (secondary N) is 2. The first-order valence-electron chi connectivity index (χ1n) is 6.48. The Morgan fingerprint density at radius 2 is 1.70 bits per heavy atom. The zero-order valence-corrected chi connectivity index (χ0v) is 13.5. The van der Waals surface area contributed by atoms with Gasteiger partial charge in [0.1, 0.15) is 11.6 Å². The van der Waals surface area contributed by atoms with Crippen molar-refractivity contribution in [3.05, 3.63) is 24.3 Å². The number of hydrogen-bond acceptors (Lipinski definition) is 6. The molecule has 10 heteroatoms. The molecule has 1 unspecified atom stereocenters. The van der Waals surface area contributed by atoms with Gasteiger partial charge < -0.3 is 4.74 Å². The molecule has 0 bridgehead atoms.